The molecule has 0 amide bonds. The van der Waals surface area contributed by atoms with Crippen LogP contribution in [0, 0.1) is 0 Å². The van der Waals surface area contributed by atoms with Gasteiger partial charge in [0.05, 0.1) is 0 Å². The molecule has 4 N–H and O–H groups in total. The Morgan fingerprint density at radius 1 is 0.818 bits per heavy atom. The predicted octanol–water partition coefficient (Wildman–Crippen LogP) is 0.958. The number of hydrogen-bond donors (Lipinski definition) is 2. The van der Waals surface area contributed by atoms with Crippen molar-refractivity contribution in [3.63, 3.8) is 0 Å². The molecule has 3 heteroatoms. The van der Waals surface area contributed by atoms with E-state index < -0.39 is 0 Å². The van der Waals surface area contributed by atoms with Gasteiger partial charge in [0, 0.05) is 9.52 Å². The molecule has 0 saturated heterocycles. The highest BCUT2D eigenvalue weighted by molar-refractivity contribution is 6.31. The molecule has 0 spiro atoms. The summed E-state index contributed by atoms with van der Waals surface area (Å²) >= 11 is 0. The minimum atomic E-state index is 0.333. The lowest BCUT2D eigenvalue weighted by Crippen LogP contribution is -2.07. The summed E-state index contributed by atoms with van der Waals surface area (Å²) in [4.78, 5) is 0. The summed E-state index contributed by atoms with van der Waals surface area (Å²) in [7, 11) is 0.417. The van der Waals surface area contributed by atoms with Crippen molar-refractivity contribution in [2.45, 2.75) is 52.9 Å². The van der Waals surface area contributed by atoms with Gasteiger partial charge in [-0.25, -0.2) is 0 Å². The average molecular weight is 178 g/mol. The molecule has 0 aliphatic rings. The Balaban J connectivity index is -0.0000000886. The molecule has 2 nitrogen and oxygen atoms in total. The van der Waals surface area contributed by atoms with Crippen LogP contribution in [0.2, 0.25) is 13.1 Å². The highest BCUT2D eigenvalue weighted by Crippen LogP contribution is 1.58. The van der Waals surface area contributed by atoms with Gasteiger partial charge in [0.25, 0.3) is 0 Å². The molecule has 0 unspecified atom stereocenters. The summed E-state index contributed by atoms with van der Waals surface area (Å²) in [6.07, 6.45) is 0. The second-order valence-electron chi connectivity index (χ2n) is 3.20. The van der Waals surface area contributed by atoms with Crippen molar-refractivity contribution in [3.05, 3.63) is 0 Å². The van der Waals surface area contributed by atoms with Gasteiger partial charge in [-0.15, -0.1) is 0 Å². The molecule has 0 aromatic heterocycles. The van der Waals surface area contributed by atoms with Crippen molar-refractivity contribution >= 4 is 9.52 Å². The van der Waals surface area contributed by atoms with E-state index >= 15 is 0 Å². The van der Waals surface area contributed by atoms with Gasteiger partial charge < -0.3 is 11.5 Å². The second-order valence-corrected chi connectivity index (χ2v) is 4.61. The molecule has 0 heterocycles. The third-order valence-corrected chi connectivity index (χ3v) is 0. The van der Waals surface area contributed by atoms with Crippen LogP contribution in [0.25, 0.3) is 0 Å². The Bertz CT molecular complexity index is 35.8. The monoisotopic (exact) mass is 178 g/mol. The summed E-state index contributed by atoms with van der Waals surface area (Å²) < 4.78 is 0. The first-order valence-electron chi connectivity index (χ1n) is 4.39. The Morgan fingerprint density at radius 3 is 0.818 bits per heavy atom. The number of rotatable bonds is 0. The fraction of sp³-hybridized carbons (Fsp3) is 1.00. The molecular weight excluding hydrogens is 152 g/mol. The summed E-state index contributed by atoms with van der Waals surface area (Å²) in [5, 5.41) is 0. The van der Waals surface area contributed by atoms with Crippen molar-refractivity contribution in [1.82, 2.24) is 0 Å². The van der Waals surface area contributed by atoms with Gasteiger partial charge in [-0.1, -0.05) is 40.8 Å². The van der Waals surface area contributed by atoms with Gasteiger partial charge in [-0.05, 0) is 12.1 Å². The van der Waals surface area contributed by atoms with Crippen molar-refractivity contribution in [2.24, 2.45) is 11.5 Å². The minimum Gasteiger partial charge on any atom is -0.328 e. The standard InChI is InChI=1S/2C3H9N.C2H8Si/c2*1-3(2)4;1-3-2/h2*3H,4H2,1-2H3;3H2,1-2H3. The average Bonchev–Trinajstić information content (AvgIpc) is 1.60. The first-order valence-corrected chi connectivity index (χ1v) is 7.22. The van der Waals surface area contributed by atoms with Crippen molar-refractivity contribution < 1.29 is 0 Å². The third kappa shape index (κ3) is 35800. The molecule has 0 bridgehead atoms. The molecule has 72 valence electrons. The van der Waals surface area contributed by atoms with Gasteiger partial charge >= 0.3 is 0 Å². The Morgan fingerprint density at radius 2 is 0.818 bits per heavy atom. The first kappa shape index (κ1) is 17.3. The maximum atomic E-state index is 5.11. The van der Waals surface area contributed by atoms with E-state index in [1.807, 2.05) is 27.7 Å². The van der Waals surface area contributed by atoms with Crippen LogP contribution >= 0.6 is 0 Å². The Labute approximate surface area is 74.6 Å². The van der Waals surface area contributed by atoms with Crippen LogP contribution in [-0.4, -0.2) is 21.6 Å². The lowest BCUT2D eigenvalue weighted by molar-refractivity contribution is 0.834. The Kier molecular flexibility index (Phi) is 26.1. The normalized spacial score (nSPS) is 8.18. The van der Waals surface area contributed by atoms with Crippen LogP contribution in [0.5, 0.6) is 0 Å². The summed E-state index contributed by atoms with van der Waals surface area (Å²) in [6, 6.07) is 0.667. The predicted molar refractivity (Wildman–Crippen MR) is 58.9 cm³/mol. The molecule has 0 aliphatic carbocycles. The van der Waals surface area contributed by atoms with E-state index in [1.54, 1.807) is 0 Å². The molecule has 0 aliphatic heterocycles. The fourth-order valence-corrected chi connectivity index (χ4v) is 0. The van der Waals surface area contributed by atoms with Gasteiger partial charge in [-0.2, -0.15) is 0 Å². The highest BCUT2D eigenvalue weighted by atomic mass is 28.2. The fourth-order valence-electron chi connectivity index (χ4n) is 0. The lowest BCUT2D eigenvalue weighted by atomic mass is 10.4. The maximum absolute atomic E-state index is 5.11. The molecule has 0 radical (unpaired) electrons. The molecule has 0 fully saturated rings. The molecule has 11 heavy (non-hydrogen) atoms. The topological polar surface area (TPSA) is 52.0 Å². The van der Waals surface area contributed by atoms with Crippen LogP contribution in [0.4, 0.5) is 0 Å². The zero-order valence-electron chi connectivity index (χ0n) is 9.02. The summed E-state index contributed by atoms with van der Waals surface area (Å²) in [5.41, 5.74) is 10.2. The van der Waals surface area contributed by atoms with Gasteiger partial charge in [0.1, 0.15) is 0 Å². The van der Waals surface area contributed by atoms with Crippen LogP contribution in [0.3, 0.4) is 0 Å². The summed E-state index contributed by atoms with van der Waals surface area (Å²) in [6.45, 7) is 12.3. The summed E-state index contributed by atoms with van der Waals surface area (Å²) in [5.74, 6) is 0. The largest absolute Gasteiger partial charge is 0.328 e. The van der Waals surface area contributed by atoms with E-state index in [-0.39, 0.29) is 0 Å². The zero-order valence-corrected chi connectivity index (χ0v) is 10.4. The van der Waals surface area contributed by atoms with E-state index in [0.717, 1.165) is 0 Å². The van der Waals surface area contributed by atoms with E-state index in [0.29, 0.717) is 21.6 Å². The van der Waals surface area contributed by atoms with Crippen LogP contribution in [-0.2, 0) is 0 Å². The Hall–Kier alpha value is 0.137. The van der Waals surface area contributed by atoms with Gasteiger partial charge in [0.15, 0.2) is 0 Å². The molecule has 0 rings (SSSR count). The van der Waals surface area contributed by atoms with E-state index in [4.69, 9.17) is 11.5 Å². The SMILES string of the molecule is CC(C)N.CC(C)N.C[SiH2]C. The van der Waals surface area contributed by atoms with Gasteiger partial charge in [0.2, 0.25) is 0 Å². The smallest absolute Gasteiger partial charge is 0.0135 e. The number of hydrogen-bond acceptors (Lipinski definition) is 2. The van der Waals surface area contributed by atoms with E-state index in [9.17, 15) is 0 Å². The first-order chi connectivity index (χ1) is 4.88. The van der Waals surface area contributed by atoms with Gasteiger partial charge in [-0.3, -0.25) is 0 Å². The third-order valence-electron chi connectivity index (χ3n) is 0. The second kappa shape index (κ2) is 16.6. The van der Waals surface area contributed by atoms with Crippen molar-refractivity contribution in [1.29, 1.82) is 0 Å². The van der Waals surface area contributed by atoms with Crippen molar-refractivity contribution in [2.75, 3.05) is 0 Å². The molecule has 0 aromatic rings. The van der Waals surface area contributed by atoms with Crippen LogP contribution < -0.4 is 11.5 Å². The zero-order chi connectivity index (χ0) is 9.86. The number of nitrogens with two attached hydrogens (primary N) is 2. The van der Waals surface area contributed by atoms with Crippen LogP contribution in [0.15, 0.2) is 0 Å². The minimum absolute atomic E-state index is 0.333. The van der Waals surface area contributed by atoms with Crippen molar-refractivity contribution in [3.8, 4) is 0 Å². The maximum Gasteiger partial charge on any atom is 0.0135 e. The lowest BCUT2D eigenvalue weighted by Gasteiger charge is -1.81. The quantitative estimate of drug-likeness (QED) is 0.543. The molecule has 0 saturated carbocycles. The molecular formula is C8H26N2Si. The highest BCUT2D eigenvalue weighted by Gasteiger charge is 1.67. The molecule has 0 aromatic carbocycles. The van der Waals surface area contributed by atoms with E-state index in [1.165, 1.54) is 0 Å². The van der Waals surface area contributed by atoms with Crippen LogP contribution in [0.1, 0.15) is 27.7 Å². The molecule has 0 atom stereocenters. The van der Waals surface area contributed by atoms with E-state index in [2.05, 4.69) is 13.1 Å².